The number of likely N-dealkylation sites (N-methyl/N-ethyl adjacent to an activating group) is 1. The molecule has 0 aliphatic heterocycles. The number of hydrogen-bond donors (Lipinski definition) is 0. The van der Waals surface area contributed by atoms with Crippen LogP contribution >= 0.6 is 0 Å². The summed E-state index contributed by atoms with van der Waals surface area (Å²) in [4.78, 5) is 36.9. The van der Waals surface area contributed by atoms with Crippen molar-refractivity contribution in [1.29, 1.82) is 0 Å². The number of nitrogens with zero attached hydrogens (tertiary/aromatic N) is 1. The monoisotopic (exact) mass is 335 g/mol. The Balaban J connectivity index is 2.70. The van der Waals surface area contributed by atoms with Crippen molar-refractivity contribution in [1.82, 2.24) is 0 Å². The second-order valence-electron chi connectivity index (χ2n) is 4.83. The van der Waals surface area contributed by atoms with Gasteiger partial charge in [0.05, 0.1) is 25.0 Å². The van der Waals surface area contributed by atoms with Gasteiger partial charge in [-0.25, -0.2) is 9.59 Å². The number of para-hydroxylation sites is 1. The first kappa shape index (κ1) is 19.4. The molecule has 0 spiro atoms. The molecule has 0 N–H and O–H groups in total. The number of hydrogen-bond acceptors (Lipinski definition) is 6. The fourth-order valence-electron chi connectivity index (χ4n) is 1.81. The van der Waals surface area contributed by atoms with Crippen molar-refractivity contribution >= 4 is 23.5 Å². The summed E-state index contributed by atoms with van der Waals surface area (Å²) in [5.41, 5.74) is 0.603. The number of amides is 1. The Morgan fingerprint density at radius 1 is 1.29 bits per heavy atom. The first-order valence-electron chi connectivity index (χ1n) is 7.25. The van der Waals surface area contributed by atoms with E-state index in [0.717, 1.165) is 0 Å². The topological polar surface area (TPSA) is 82.1 Å². The summed E-state index contributed by atoms with van der Waals surface area (Å²) in [5, 5.41) is 0. The molecule has 1 aromatic carbocycles. The van der Waals surface area contributed by atoms with Gasteiger partial charge in [-0.15, -0.1) is 6.58 Å². The zero-order valence-corrected chi connectivity index (χ0v) is 14.0. The van der Waals surface area contributed by atoms with Crippen LogP contribution in [-0.4, -0.2) is 51.3 Å². The van der Waals surface area contributed by atoms with E-state index in [9.17, 15) is 14.4 Å². The molecule has 7 nitrogen and oxygen atoms in total. The Labute approximate surface area is 140 Å². The minimum Gasteiger partial charge on any atom is -0.465 e. The van der Waals surface area contributed by atoms with Crippen LogP contribution in [0.15, 0.2) is 36.9 Å². The molecule has 24 heavy (non-hydrogen) atoms. The van der Waals surface area contributed by atoms with Gasteiger partial charge in [-0.05, 0) is 19.1 Å². The fourth-order valence-corrected chi connectivity index (χ4v) is 1.81. The zero-order valence-electron chi connectivity index (χ0n) is 14.0. The van der Waals surface area contributed by atoms with Gasteiger partial charge in [0.2, 0.25) is 0 Å². The van der Waals surface area contributed by atoms with Gasteiger partial charge in [-0.1, -0.05) is 18.2 Å². The molecule has 1 atom stereocenters. The summed E-state index contributed by atoms with van der Waals surface area (Å²) in [6, 6.07) is 6.49. The molecule has 7 heteroatoms. The van der Waals surface area contributed by atoms with E-state index in [4.69, 9.17) is 9.47 Å². The number of anilines is 1. The molecular formula is C17H21NO6. The van der Waals surface area contributed by atoms with Gasteiger partial charge < -0.3 is 19.1 Å². The molecule has 130 valence electrons. The van der Waals surface area contributed by atoms with Crippen LogP contribution in [0.3, 0.4) is 0 Å². The van der Waals surface area contributed by atoms with Crippen LogP contribution in [0.4, 0.5) is 5.69 Å². The summed E-state index contributed by atoms with van der Waals surface area (Å²) >= 11 is 0. The maximum atomic E-state index is 12.2. The van der Waals surface area contributed by atoms with Crippen LogP contribution in [-0.2, 0) is 23.8 Å². The predicted octanol–water partition coefficient (Wildman–Crippen LogP) is 1.57. The van der Waals surface area contributed by atoms with Crippen LogP contribution < -0.4 is 4.90 Å². The molecule has 0 aliphatic carbocycles. The van der Waals surface area contributed by atoms with E-state index in [1.165, 1.54) is 32.1 Å². The molecule has 0 radical (unpaired) electrons. The average Bonchev–Trinajstić information content (AvgIpc) is 2.62. The number of esters is 2. The van der Waals surface area contributed by atoms with Crippen molar-refractivity contribution < 1.29 is 28.6 Å². The van der Waals surface area contributed by atoms with Crippen molar-refractivity contribution in [3.63, 3.8) is 0 Å². The van der Waals surface area contributed by atoms with Crippen LogP contribution in [0.2, 0.25) is 0 Å². The highest BCUT2D eigenvalue weighted by Gasteiger charge is 2.21. The summed E-state index contributed by atoms with van der Waals surface area (Å²) in [6.07, 6.45) is 0.704. The number of rotatable bonds is 8. The third-order valence-corrected chi connectivity index (χ3v) is 3.18. The molecular weight excluding hydrogens is 314 g/mol. The lowest BCUT2D eigenvalue weighted by Crippen LogP contribution is -2.34. The van der Waals surface area contributed by atoms with Crippen molar-refractivity contribution in [2.45, 2.75) is 13.0 Å². The van der Waals surface area contributed by atoms with Crippen molar-refractivity contribution in [3.8, 4) is 0 Å². The SMILES string of the molecule is C=CCOC(C)C(=O)OCC(=O)N(C)c1ccccc1C(=O)OC. The third kappa shape index (κ3) is 5.20. The van der Waals surface area contributed by atoms with E-state index in [1.807, 2.05) is 0 Å². The highest BCUT2D eigenvalue weighted by atomic mass is 16.6. The van der Waals surface area contributed by atoms with Gasteiger partial charge in [-0.3, -0.25) is 4.79 Å². The Kier molecular flexibility index (Phi) is 7.64. The van der Waals surface area contributed by atoms with E-state index in [0.29, 0.717) is 5.69 Å². The van der Waals surface area contributed by atoms with Crippen LogP contribution in [0.1, 0.15) is 17.3 Å². The lowest BCUT2D eigenvalue weighted by molar-refractivity contribution is -0.157. The van der Waals surface area contributed by atoms with Crippen molar-refractivity contribution in [2.24, 2.45) is 0 Å². The predicted molar refractivity (Wildman–Crippen MR) is 87.8 cm³/mol. The smallest absolute Gasteiger partial charge is 0.339 e. The highest BCUT2D eigenvalue weighted by Crippen LogP contribution is 2.20. The zero-order chi connectivity index (χ0) is 18.1. The third-order valence-electron chi connectivity index (χ3n) is 3.18. The number of carbonyl (C=O) groups excluding carboxylic acids is 3. The largest absolute Gasteiger partial charge is 0.465 e. The molecule has 1 aromatic rings. The maximum Gasteiger partial charge on any atom is 0.339 e. The van der Waals surface area contributed by atoms with E-state index in [1.54, 1.807) is 24.3 Å². The van der Waals surface area contributed by atoms with Crippen LogP contribution in [0.25, 0.3) is 0 Å². The molecule has 0 heterocycles. The van der Waals surface area contributed by atoms with E-state index >= 15 is 0 Å². The molecule has 1 unspecified atom stereocenters. The first-order valence-corrected chi connectivity index (χ1v) is 7.25. The number of methoxy groups -OCH3 is 1. The van der Waals surface area contributed by atoms with Crippen molar-refractivity contribution in [3.05, 3.63) is 42.5 Å². The normalized spacial score (nSPS) is 11.3. The van der Waals surface area contributed by atoms with E-state index in [-0.39, 0.29) is 12.2 Å². The number of benzene rings is 1. The molecule has 1 rings (SSSR count). The number of ether oxygens (including phenoxy) is 3. The summed E-state index contributed by atoms with van der Waals surface area (Å²) in [7, 11) is 2.74. The highest BCUT2D eigenvalue weighted by molar-refractivity contribution is 6.03. The molecule has 0 aliphatic rings. The molecule has 0 fully saturated rings. The first-order chi connectivity index (χ1) is 11.4. The minimum atomic E-state index is -0.802. The molecule has 0 saturated carbocycles. The van der Waals surface area contributed by atoms with Gasteiger partial charge in [-0.2, -0.15) is 0 Å². The van der Waals surface area contributed by atoms with Gasteiger partial charge in [0.1, 0.15) is 0 Å². The Morgan fingerprint density at radius 3 is 2.58 bits per heavy atom. The quantitative estimate of drug-likeness (QED) is 0.530. The summed E-state index contributed by atoms with van der Waals surface area (Å²) in [6.45, 7) is 4.74. The van der Waals surface area contributed by atoms with Gasteiger partial charge in [0.25, 0.3) is 5.91 Å². The van der Waals surface area contributed by atoms with E-state index < -0.39 is 30.6 Å². The molecule has 0 saturated heterocycles. The fraction of sp³-hybridized carbons (Fsp3) is 0.353. The second-order valence-corrected chi connectivity index (χ2v) is 4.83. The Bertz CT molecular complexity index is 613. The van der Waals surface area contributed by atoms with Gasteiger partial charge in [0, 0.05) is 7.05 Å². The minimum absolute atomic E-state index is 0.205. The average molecular weight is 335 g/mol. The summed E-state index contributed by atoms with van der Waals surface area (Å²) < 4.78 is 14.7. The lowest BCUT2D eigenvalue weighted by atomic mass is 10.1. The van der Waals surface area contributed by atoms with Gasteiger partial charge in [0.15, 0.2) is 12.7 Å². The van der Waals surface area contributed by atoms with Crippen molar-refractivity contribution in [2.75, 3.05) is 32.3 Å². The Hall–Kier alpha value is -2.67. The molecule has 1 amide bonds. The van der Waals surface area contributed by atoms with Crippen LogP contribution in [0, 0.1) is 0 Å². The second kappa shape index (κ2) is 9.46. The molecule has 0 aromatic heterocycles. The standard InChI is InChI=1S/C17H21NO6/c1-5-10-23-12(2)16(20)24-11-15(19)18(3)14-9-7-6-8-13(14)17(21)22-4/h5-9,12H,1,10-11H2,2-4H3. The maximum absolute atomic E-state index is 12.2. The molecule has 0 bridgehead atoms. The lowest BCUT2D eigenvalue weighted by Gasteiger charge is -2.20. The Morgan fingerprint density at radius 2 is 1.96 bits per heavy atom. The number of carbonyl (C=O) groups is 3. The van der Waals surface area contributed by atoms with E-state index in [2.05, 4.69) is 11.3 Å². The van der Waals surface area contributed by atoms with Crippen LogP contribution in [0.5, 0.6) is 0 Å². The van der Waals surface area contributed by atoms with Gasteiger partial charge >= 0.3 is 11.9 Å². The summed E-state index contributed by atoms with van der Waals surface area (Å²) in [5.74, 6) is -1.70.